The predicted octanol–water partition coefficient (Wildman–Crippen LogP) is 5.49. The van der Waals surface area contributed by atoms with Crippen molar-refractivity contribution in [3.05, 3.63) is 53.5 Å². The number of fused-ring (bicyclic) bond motifs is 1. The molecular weight excluding hydrogens is 379 g/mol. The van der Waals surface area contributed by atoms with E-state index in [1.165, 1.54) is 6.07 Å². The maximum atomic E-state index is 14.0. The fraction of sp³-hybridized carbons (Fsp3) is 0.435. The van der Waals surface area contributed by atoms with Crippen molar-refractivity contribution in [1.29, 1.82) is 5.26 Å². The van der Waals surface area contributed by atoms with Crippen molar-refractivity contribution in [3.8, 4) is 6.07 Å². The van der Waals surface area contributed by atoms with Crippen LogP contribution in [0.2, 0.25) is 0 Å². The van der Waals surface area contributed by atoms with Gasteiger partial charge in [0.15, 0.2) is 5.65 Å². The number of hydrogen-bond acceptors (Lipinski definition) is 5. The van der Waals surface area contributed by atoms with Gasteiger partial charge in [-0.15, -0.1) is 0 Å². The van der Waals surface area contributed by atoms with E-state index in [2.05, 4.69) is 35.6 Å². The van der Waals surface area contributed by atoms with E-state index in [-0.39, 0.29) is 5.82 Å². The summed E-state index contributed by atoms with van der Waals surface area (Å²) >= 11 is 0. The molecule has 0 aliphatic rings. The maximum Gasteiger partial charge on any atom is 0.163 e. The lowest BCUT2D eigenvalue weighted by molar-refractivity contribution is 0.612. The number of anilines is 2. The molecule has 0 fully saturated rings. The molecule has 2 aromatic heterocycles. The van der Waals surface area contributed by atoms with Gasteiger partial charge in [-0.2, -0.15) is 14.9 Å². The van der Waals surface area contributed by atoms with Crippen molar-refractivity contribution < 1.29 is 4.39 Å². The summed E-state index contributed by atoms with van der Waals surface area (Å²) < 4.78 is 15.8. The van der Waals surface area contributed by atoms with Crippen LogP contribution >= 0.6 is 0 Å². The van der Waals surface area contributed by atoms with Crippen LogP contribution in [0, 0.1) is 17.1 Å². The largest absolute Gasteiger partial charge is 0.370 e. The number of halogens is 1. The van der Waals surface area contributed by atoms with Gasteiger partial charge in [-0.25, -0.2) is 9.37 Å². The fourth-order valence-electron chi connectivity index (χ4n) is 3.33. The SMILES string of the molecule is CC(C)c1cnn2c(NCc3ccccc3F)cc(NCCCCCCC#N)nc12. The van der Waals surface area contributed by atoms with Crippen LogP contribution in [0.15, 0.2) is 36.5 Å². The molecule has 6 nitrogen and oxygen atoms in total. The highest BCUT2D eigenvalue weighted by atomic mass is 19.1. The summed E-state index contributed by atoms with van der Waals surface area (Å²) in [6.45, 7) is 5.41. The van der Waals surface area contributed by atoms with Gasteiger partial charge >= 0.3 is 0 Å². The van der Waals surface area contributed by atoms with Gasteiger partial charge in [-0.3, -0.25) is 0 Å². The Morgan fingerprint density at radius 1 is 1.13 bits per heavy atom. The Morgan fingerprint density at radius 3 is 2.70 bits per heavy atom. The van der Waals surface area contributed by atoms with E-state index in [0.29, 0.717) is 24.4 Å². The Bertz CT molecular complexity index is 1000. The molecule has 0 unspecified atom stereocenters. The summed E-state index contributed by atoms with van der Waals surface area (Å²) in [4.78, 5) is 4.77. The summed E-state index contributed by atoms with van der Waals surface area (Å²) in [5.74, 6) is 1.61. The zero-order valence-electron chi connectivity index (χ0n) is 17.7. The third kappa shape index (κ3) is 5.47. The van der Waals surface area contributed by atoms with Crippen molar-refractivity contribution in [3.63, 3.8) is 0 Å². The third-order valence-electron chi connectivity index (χ3n) is 5.06. The molecule has 0 radical (unpaired) electrons. The molecule has 2 N–H and O–H groups in total. The highest BCUT2D eigenvalue weighted by molar-refractivity contribution is 5.61. The van der Waals surface area contributed by atoms with Crippen LogP contribution in [0.3, 0.4) is 0 Å². The second-order valence-corrected chi connectivity index (χ2v) is 7.71. The predicted molar refractivity (Wildman–Crippen MR) is 118 cm³/mol. The number of nitrogens with one attached hydrogen (secondary N) is 2. The molecule has 3 rings (SSSR count). The molecule has 0 aliphatic heterocycles. The van der Waals surface area contributed by atoms with E-state index >= 15 is 0 Å². The molecule has 0 atom stereocenters. The lowest BCUT2D eigenvalue weighted by Gasteiger charge is -2.13. The van der Waals surface area contributed by atoms with Crippen LogP contribution in [0.5, 0.6) is 0 Å². The monoisotopic (exact) mass is 408 g/mol. The first-order valence-corrected chi connectivity index (χ1v) is 10.6. The standard InChI is InChI=1S/C23H29FN6/c1-17(2)19-16-28-30-22(27-15-18-10-6-7-11-20(18)24)14-21(29-23(19)30)26-13-9-5-3-4-8-12-25/h6-7,10-11,14,16-17,27H,3-5,8-9,13,15H2,1-2H3,(H,26,29). The summed E-state index contributed by atoms with van der Waals surface area (Å²) in [5, 5.41) is 19.8. The second kappa shape index (κ2) is 10.6. The van der Waals surface area contributed by atoms with Crippen LogP contribution in [-0.2, 0) is 6.54 Å². The Balaban J connectivity index is 1.74. The molecule has 1 aromatic carbocycles. The fourth-order valence-corrected chi connectivity index (χ4v) is 3.33. The lowest BCUT2D eigenvalue weighted by atomic mass is 10.1. The molecule has 0 saturated heterocycles. The number of nitriles is 1. The van der Waals surface area contributed by atoms with E-state index in [1.54, 1.807) is 16.6 Å². The first-order valence-electron chi connectivity index (χ1n) is 10.6. The molecule has 2 heterocycles. The van der Waals surface area contributed by atoms with Gasteiger partial charge in [0, 0.05) is 36.7 Å². The van der Waals surface area contributed by atoms with Crippen LogP contribution in [0.4, 0.5) is 16.0 Å². The molecule has 0 aliphatic carbocycles. The van der Waals surface area contributed by atoms with Gasteiger partial charge in [-0.05, 0) is 24.8 Å². The second-order valence-electron chi connectivity index (χ2n) is 7.71. The van der Waals surface area contributed by atoms with Gasteiger partial charge in [0.1, 0.15) is 17.5 Å². The van der Waals surface area contributed by atoms with E-state index in [9.17, 15) is 4.39 Å². The van der Waals surface area contributed by atoms with Crippen LogP contribution < -0.4 is 10.6 Å². The molecule has 0 amide bonds. The summed E-state index contributed by atoms with van der Waals surface area (Å²) in [6.07, 6.45) is 6.60. The zero-order valence-corrected chi connectivity index (χ0v) is 17.7. The molecule has 0 saturated carbocycles. The normalized spacial score (nSPS) is 11.0. The van der Waals surface area contributed by atoms with Gasteiger partial charge < -0.3 is 10.6 Å². The van der Waals surface area contributed by atoms with Crippen molar-refractivity contribution in [2.75, 3.05) is 17.2 Å². The van der Waals surface area contributed by atoms with Crippen molar-refractivity contribution in [1.82, 2.24) is 14.6 Å². The number of aromatic nitrogens is 3. The Hall–Kier alpha value is -3.14. The summed E-state index contributed by atoms with van der Waals surface area (Å²) in [6, 6.07) is 10.9. The molecular formula is C23H29FN6. The van der Waals surface area contributed by atoms with Gasteiger partial charge in [0.25, 0.3) is 0 Å². The molecule has 0 spiro atoms. The maximum absolute atomic E-state index is 14.0. The van der Waals surface area contributed by atoms with Crippen molar-refractivity contribution >= 4 is 17.3 Å². The van der Waals surface area contributed by atoms with Gasteiger partial charge in [0.2, 0.25) is 0 Å². The van der Waals surface area contributed by atoms with Crippen molar-refractivity contribution in [2.45, 2.75) is 58.4 Å². The molecule has 0 bridgehead atoms. The highest BCUT2D eigenvalue weighted by Gasteiger charge is 2.14. The molecule has 3 aromatic rings. The number of nitrogens with zero attached hydrogens (tertiary/aromatic N) is 4. The van der Waals surface area contributed by atoms with Gasteiger partial charge in [0.05, 0.1) is 12.3 Å². The van der Waals surface area contributed by atoms with E-state index < -0.39 is 0 Å². The Kier molecular flexibility index (Phi) is 7.61. The minimum Gasteiger partial charge on any atom is -0.370 e. The highest BCUT2D eigenvalue weighted by Crippen LogP contribution is 2.24. The average Bonchev–Trinajstić information content (AvgIpc) is 3.17. The van der Waals surface area contributed by atoms with Crippen LogP contribution in [0.25, 0.3) is 5.65 Å². The van der Waals surface area contributed by atoms with Gasteiger partial charge in [-0.1, -0.05) is 44.9 Å². The molecule has 158 valence electrons. The zero-order chi connectivity index (χ0) is 21.3. The van der Waals surface area contributed by atoms with Crippen LogP contribution in [-0.4, -0.2) is 21.1 Å². The minimum absolute atomic E-state index is 0.228. The number of rotatable bonds is 11. The van der Waals surface area contributed by atoms with Crippen molar-refractivity contribution in [2.24, 2.45) is 0 Å². The topological polar surface area (TPSA) is 78.0 Å². The molecule has 7 heteroatoms. The molecule has 30 heavy (non-hydrogen) atoms. The number of hydrogen-bond donors (Lipinski definition) is 2. The smallest absolute Gasteiger partial charge is 0.163 e. The first-order chi connectivity index (χ1) is 14.6. The first kappa shape index (κ1) is 21.6. The number of benzene rings is 1. The van der Waals surface area contributed by atoms with Crippen LogP contribution in [0.1, 0.15) is 63.0 Å². The Morgan fingerprint density at radius 2 is 1.93 bits per heavy atom. The van der Waals surface area contributed by atoms with E-state index in [1.807, 2.05) is 18.3 Å². The van der Waals surface area contributed by atoms with E-state index in [4.69, 9.17) is 10.2 Å². The number of unbranched alkanes of at least 4 members (excludes halogenated alkanes) is 4. The lowest BCUT2D eigenvalue weighted by Crippen LogP contribution is -2.10. The summed E-state index contributed by atoms with van der Waals surface area (Å²) in [7, 11) is 0. The third-order valence-corrected chi connectivity index (χ3v) is 5.06. The summed E-state index contributed by atoms with van der Waals surface area (Å²) in [5.41, 5.74) is 2.48. The quantitative estimate of drug-likeness (QED) is 0.410. The minimum atomic E-state index is -0.228. The Labute approximate surface area is 177 Å². The van der Waals surface area contributed by atoms with E-state index in [0.717, 1.165) is 55.1 Å². The average molecular weight is 409 g/mol.